The van der Waals surface area contributed by atoms with E-state index >= 15 is 4.39 Å². The molecule has 192 valence electrons. The number of amidine groups is 1. The van der Waals surface area contributed by atoms with E-state index in [4.69, 9.17) is 11.0 Å². The number of nitrogens with zero attached hydrogens (tertiary/aromatic N) is 5. The van der Waals surface area contributed by atoms with Crippen LogP contribution in [-0.2, 0) is 10.3 Å². The van der Waals surface area contributed by atoms with Crippen molar-refractivity contribution in [2.45, 2.75) is 36.1 Å². The molecule has 5 rings (SSSR count). The number of carbonyl (C=O) groups excluding carboxylic acids is 1. The van der Waals surface area contributed by atoms with Gasteiger partial charge in [0.25, 0.3) is 0 Å². The fraction of sp³-hybridized carbons (Fsp3) is 0.407. The van der Waals surface area contributed by atoms with Crippen LogP contribution in [0.25, 0.3) is 11.9 Å². The number of carbonyl (C=O) groups is 1. The summed E-state index contributed by atoms with van der Waals surface area (Å²) in [7, 11) is 4.02. The van der Waals surface area contributed by atoms with Crippen molar-refractivity contribution in [2.24, 2.45) is 16.6 Å². The number of amides is 1. The molecule has 0 radical (unpaired) electrons. The molecule has 3 aliphatic rings. The highest BCUT2D eigenvalue weighted by atomic mass is 32.2. The summed E-state index contributed by atoms with van der Waals surface area (Å²) in [6.07, 6.45) is 4.02. The summed E-state index contributed by atoms with van der Waals surface area (Å²) >= 11 is 1.28. The third-order valence-corrected chi connectivity index (χ3v) is 9.02. The molecule has 37 heavy (non-hydrogen) atoms. The molecule has 2 N–H and O–H groups in total. The van der Waals surface area contributed by atoms with E-state index in [0.29, 0.717) is 36.7 Å². The van der Waals surface area contributed by atoms with Crippen LogP contribution >= 0.6 is 11.8 Å². The molecule has 2 fully saturated rings. The van der Waals surface area contributed by atoms with Crippen LogP contribution in [-0.4, -0.2) is 63.8 Å². The molecular weight excluding hydrogens is 494 g/mol. The van der Waals surface area contributed by atoms with Gasteiger partial charge in [0, 0.05) is 36.8 Å². The van der Waals surface area contributed by atoms with Crippen molar-refractivity contribution in [1.82, 2.24) is 14.8 Å². The smallest absolute Gasteiger partial charge is 0.239 e. The van der Waals surface area contributed by atoms with Gasteiger partial charge in [-0.1, -0.05) is 17.8 Å². The molecule has 1 amide bonds. The zero-order chi connectivity index (χ0) is 26.5. The van der Waals surface area contributed by atoms with E-state index in [1.807, 2.05) is 25.1 Å². The molecular formula is C27H28F2N6OS. The number of fused-ring (bicyclic) bond motifs is 1. The van der Waals surface area contributed by atoms with Crippen LogP contribution in [0, 0.1) is 23.1 Å². The predicted molar refractivity (Wildman–Crippen MR) is 140 cm³/mol. The van der Waals surface area contributed by atoms with Gasteiger partial charge >= 0.3 is 0 Å². The van der Waals surface area contributed by atoms with Gasteiger partial charge < -0.3 is 15.5 Å². The largest absolute Gasteiger partial charge is 0.378 e. The summed E-state index contributed by atoms with van der Waals surface area (Å²) in [5, 5.41) is 9.17. The Morgan fingerprint density at radius 1 is 1.35 bits per heavy atom. The average molecular weight is 523 g/mol. The molecule has 0 bridgehead atoms. The van der Waals surface area contributed by atoms with Gasteiger partial charge in [0.2, 0.25) is 5.91 Å². The first-order valence-electron chi connectivity index (χ1n) is 12.1. The number of benzene rings is 1. The topological polar surface area (TPSA) is 98.6 Å². The Kier molecular flexibility index (Phi) is 6.32. The number of likely N-dealkylation sites (tertiary alicyclic amines) is 1. The van der Waals surface area contributed by atoms with Gasteiger partial charge in [0.1, 0.15) is 22.5 Å². The molecule has 2 aliphatic heterocycles. The average Bonchev–Trinajstić information content (AvgIpc) is 3.42. The maximum atomic E-state index is 15.3. The molecule has 1 saturated carbocycles. The van der Waals surface area contributed by atoms with E-state index in [0.717, 1.165) is 6.42 Å². The fourth-order valence-electron chi connectivity index (χ4n) is 5.51. The van der Waals surface area contributed by atoms with Crippen LogP contribution in [0.2, 0.25) is 0 Å². The Morgan fingerprint density at radius 3 is 2.78 bits per heavy atom. The van der Waals surface area contributed by atoms with Crippen molar-refractivity contribution in [3.63, 3.8) is 0 Å². The second kappa shape index (κ2) is 9.23. The number of rotatable bonds is 5. The maximum Gasteiger partial charge on any atom is 0.239 e. The molecule has 10 heteroatoms. The summed E-state index contributed by atoms with van der Waals surface area (Å²) in [5.74, 6) is -1.30. The van der Waals surface area contributed by atoms with E-state index in [2.05, 4.69) is 14.9 Å². The summed E-state index contributed by atoms with van der Waals surface area (Å²) in [4.78, 5) is 26.3. The Labute approximate surface area is 219 Å². The molecule has 4 atom stereocenters. The van der Waals surface area contributed by atoms with E-state index in [1.165, 1.54) is 48.3 Å². The first-order chi connectivity index (χ1) is 17.6. The van der Waals surface area contributed by atoms with Gasteiger partial charge in [-0.05, 0) is 69.8 Å². The predicted octanol–water partition coefficient (Wildman–Crippen LogP) is 3.76. The van der Waals surface area contributed by atoms with E-state index < -0.39 is 21.9 Å². The standard InChI is InChI=1S/C27H28F2N6OS/c1-26(19-10-16(4-6-20(19)28)11-21(29)22-7-5-17(13-30)14-32-22)23-12-27(23,37-25(31)33-26)24(36)35-9-8-18(15-35)34(2)3/h4-7,10-11,14,18,23H,8-9,12,15H2,1-3H3,(H2,31,33)/t18-,23+,26-,27+/m1/s1. The second-order valence-electron chi connectivity index (χ2n) is 10.3. The Hall–Kier alpha value is -3.29. The van der Waals surface area contributed by atoms with Crippen molar-refractivity contribution in [2.75, 3.05) is 27.2 Å². The van der Waals surface area contributed by atoms with E-state index in [-0.39, 0.29) is 28.3 Å². The normalized spacial score (nSPS) is 29.1. The van der Waals surface area contributed by atoms with Crippen molar-refractivity contribution in [3.05, 3.63) is 64.7 Å². The number of aliphatic imine (C=N–C) groups is 1. The minimum absolute atomic E-state index is 0.0327. The number of nitriles is 1. The van der Waals surface area contributed by atoms with Gasteiger partial charge in [0.05, 0.1) is 16.8 Å². The molecule has 0 spiro atoms. The summed E-state index contributed by atoms with van der Waals surface area (Å²) in [6.45, 7) is 3.14. The molecule has 7 nitrogen and oxygen atoms in total. The zero-order valence-electron chi connectivity index (χ0n) is 20.9. The van der Waals surface area contributed by atoms with E-state index in [9.17, 15) is 9.18 Å². The first-order valence-corrected chi connectivity index (χ1v) is 12.9. The molecule has 1 saturated heterocycles. The van der Waals surface area contributed by atoms with Crippen molar-refractivity contribution >= 4 is 34.7 Å². The Bertz CT molecular complexity index is 1350. The quantitative estimate of drug-likeness (QED) is 0.642. The number of hydrogen-bond acceptors (Lipinski definition) is 7. The minimum Gasteiger partial charge on any atom is -0.378 e. The molecule has 0 unspecified atom stereocenters. The molecule has 2 aromatic rings. The van der Waals surface area contributed by atoms with Crippen LogP contribution in [0.1, 0.15) is 42.1 Å². The van der Waals surface area contributed by atoms with Crippen LogP contribution in [0.5, 0.6) is 0 Å². The van der Waals surface area contributed by atoms with Crippen LogP contribution in [0.4, 0.5) is 8.78 Å². The summed E-state index contributed by atoms with van der Waals surface area (Å²) in [6, 6.07) is 9.49. The lowest BCUT2D eigenvalue weighted by Gasteiger charge is -2.35. The number of aromatic nitrogens is 1. The lowest BCUT2D eigenvalue weighted by molar-refractivity contribution is -0.131. The van der Waals surface area contributed by atoms with Gasteiger partial charge in [-0.2, -0.15) is 5.26 Å². The SMILES string of the molecule is CN(C)[C@@H]1CCN(C(=O)[C@]23C[C@H]2[C@@](C)(c2cc(C=C(F)c4ccc(C#N)cn4)ccc2F)N=C(N)S3)C1. The highest BCUT2D eigenvalue weighted by Crippen LogP contribution is 2.66. The third kappa shape index (κ3) is 4.40. The zero-order valence-corrected chi connectivity index (χ0v) is 21.7. The highest BCUT2D eigenvalue weighted by molar-refractivity contribution is 8.15. The number of pyridine rings is 1. The van der Waals surface area contributed by atoms with E-state index in [1.54, 1.807) is 13.0 Å². The monoisotopic (exact) mass is 522 g/mol. The summed E-state index contributed by atoms with van der Waals surface area (Å²) < 4.78 is 29.4. The molecule has 1 aliphatic carbocycles. The van der Waals surface area contributed by atoms with Crippen molar-refractivity contribution < 1.29 is 13.6 Å². The van der Waals surface area contributed by atoms with Crippen LogP contribution in [0.3, 0.4) is 0 Å². The molecule has 1 aromatic heterocycles. The maximum absolute atomic E-state index is 15.3. The minimum atomic E-state index is -1.07. The van der Waals surface area contributed by atoms with Crippen molar-refractivity contribution in [1.29, 1.82) is 5.26 Å². The highest BCUT2D eigenvalue weighted by Gasteiger charge is 2.71. The van der Waals surface area contributed by atoms with Crippen LogP contribution < -0.4 is 5.73 Å². The lowest BCUT2D eigenvalue weighted by atomic mass is 9.84. The molecule has 1 aromatic carbocycles. The number of likely N-dealkylation sites (N-methyl/N-ethyl adjacent to an activating group) is 1. The number of thioether (sulfide) groups is 1. The van der Waals surface area contributed by atoms with Gasteiger partial charge in [-0.3, -0.25) is 14.8 Å². The first kappa shape index (κ1) is 25.4. The Morgan fingerprint density at radius 2 is 2.14 bits per heavy atom. The lowest BCUT2D eigenvalue weighted by Crippen LogP contribution is -2.46. The van der Waals surface area contributed by atoms with Crippen LogP contribution in [0.15, 0.2) is 41.5 Å². The Balaban J connectivity index is 1.44. The number of hydrogen-bond donors (Lipinski definition) is 1. The number of halogens is 2. The van der Waals surface area contributed by atoms with Gasteiger partial charge in [0.15, 0.2) is 5.17 Å². The third-order valence-electron chi connectivity index (χ3n) is 7.73. The van der Waals surface area contributed by atoms with Gasteiger partial charge in [-0.15, -0.1) is 0 Å². The fourth-order valence-corrected chi connectivity index (χ4v) is 6.96. The molecule has 3 heterocycles. The summed E-state index contributed by atoms with van der Waals surface area (Å²) in [5.41, 5.74) is 6.27. The second-order valence-corrected chi connectivity index (χ2v) is 11.6. The van der Waals surface area contributed by atoms with Crippen molar-refractivity contribution in [3.8, 4) is 6.07 Å². The van der Waals surface area contributed by atoms with Gasteiger partial charge in [-0.25, -0.2) is 8.78 Å². The number of nitrogens with two attached hydrogens (primary N) is 1.